The Labute approximate surface area is 208 Å². The predicted molar refractivity (Wildman–Crippen MR) is 143 cm³/mol. The number of amides is 2. The van der Waals surface area contributed by atoms with Crippen molar-refractivity contribution < 1.29 is 14.3 Å². The average Bonchev–Trinajstić information content (AvgIpc) is 2.87. The molecule has 0 unspecified atom stereocenters. The van der Waals surface area contributed by atoms with E-state index in [4.69, 9.17) is 4.74 Å². The first-order valence-corrected chi connectivity index (χ1v) is 12.3. The van der Waals surface area contributed by atoms with Crippen molar-refractivity contribution in [3.8, 4) is 5.75 Å². The minimum absolute atomic E-state index is 0.00807. The number of benzene rings is 3. The molecule has 0 atom stereocenters. The molecule has 0 heterocycles. The van der Waals surface area contributed by atoms with Gasteiger partial charge in [0, 0.05) is 17.8 Å². The SMILES string of the molecule is CCCCCC(=O)Nc1cccc(NCC(=O)Nc2ccccc2OCCCc2ccccc2)c1. The van der Waals surface area contributed by atoms with Crippen LogP contribution in [0.5, 0.6) is 5.75 Å². The molecule has 6 nitrogen and oxygen atoms in total. The highest BCUT2D eigenvalue weighted by Gasteiger charge is 2.09. The molecular formula is C29H35N3O3. The summed E-state index contributed by atoms with van der Waals surface area (Å²) in [6, 6.07) is 25.1. The molecular weight excluding hydrogens is 438 g/mol. The van der Waals surface area contributed by atoms with Gasteiger partial charge in [-0.2, -0.15) is 0 Å². The zero-order chi connectivity index (χ0) is 24.7. The number of unbranched alkanes of at least 4 members (excludes halogenated alkanes) is 2. The molecule has 0 saturated heterocycles. The van der Waals surface area contributed by atoms with Crippen LogP contribution in [0.1, 0.15) is 44.6 Å². The molecule has 35 heavy (non-hydrogen) atoms. The molecule has 3 aromatic carbocycles. The highest BCUT2D eigenvalue weighted by Crippen LogP contribution is 2.24. The summed E-state index contributed by atoms with van der Waals surface area (Å²) in [7, 11) is 0. The largest absolute Gasteiger partial charge is 0.491 e. The fourth-order valence-electron chi connectivity index (χ4n) is 3.64. The van der Waals surface area contributed by atoms with Crippen LogP contribution in [0.4, 0.5) is 17.1 Å². The van der Waals surface area contributed by atoms with Gasteiger partial charge in [0.25, 0.3) is 0 Å². The number of anilines is 3. The van der Waals surface area contributed by atoms with E-state index in [-0.39, 0.29) is 18.4 Å². The van der Waals surface area contributed by atoms with Crippen LogP contribution in [-0.2, 0) is 16.0 Å². The Bertz CT molecular complexity index is 1070. The van der Waals surface area contributed by atoms with Crippen LogP contribution in [0.25, 0.3) is 0 Å². The zero-order valence-electron chi connectivity index (χ0n) is 20.4. The number of aryl methyl sites for hydroxylation is 1. The van der Waals surface area contributed by atoms with E-state index < -0.39 is 0 Å². The molecule has 3 N–H and O–H groups in total. The van der Waals surface area contributed by atoms with Crippen LogP contribution in [0, 0.1) is 0 Å². The van der Waals surface area contributed by atoms with Gasteiger partial charge in [0.1, 0.15) is 5.75 Å². The summed E-state index contributed by atoms with van der Waals surface area (Å²) in [4.78, 5) is 24.6. The van der Waals surface area contributed by atoms with Gasteiger partial charge in [0.05, 0.1) is 18.8 Å². The van der Waals surface area contributed by atoms with Crippen molar-refractivity contribution in [3.05, 3.63) is 84.4 Å². The first-order valence-electron chi connectivity index (χ1n) is 12.3. The van der Waals surface area contributed by atoms with Gasteiger partial charge in [0.15, 0.2) is 0 Å². The maximum atomic E-state index is 12.6. The Kier molecular flexibility index (Phi) is 10.7. The molecule has 0 aliphatic heterocycles. The fourth-order valence-corrected chi connectivity index (χ4v) is 3.64. The van der Waals surface area contributed by atoms with E-state index in [9.17, 15) is 9.59 Å². The van der Waals surface area contributed by atoms with E-state index in [1.165, 1.54) is 5.56 Å². The van der Waals surface area contributed by atoms with Gasteiger partial charge in [-0.1, -0.05) is 68.3 Å². The second kappa shape index (κ2) is 14.5. The number of hydrogen-bond donors (Lipinski definition) is 3. The minimum Gasteiger partial charge on any atom is -0.491 e. The van der Waals surface area contributed by atoms with Crippen molar-refractivity contribution in [1.82, 2.24) is 0 Å². The summed E-state index contributed by atoms with van der Waals surface area (Å²) < 4.78 is 5.93. The summed E-state index contributed by atoms with van der Waals surface area (Å²) >= 11 is 0. The number of carbonyl (C=O) groups excluding carboxylic acids is 2. The Morgan fingerprint density at radius 3 is 2.37 bits per heavy atom. The summed E-state index contributed by atoms with van der Waals surface area (Å²) in [5, 5.41) is 8.95. The van der Waals surface area contributed by atoms with Crippen molar-refractivity contribution in [2.75, 3.05) is 29.1 Å². The third-order valence-corrected chi connectivity index (χ3v) is 5.48. The normalized spacial score (nSPS) is 10.4. The Morgan fingerprint density at radius 2 is 1.54 bits per heavy atom. The van der Waals surface area contributed by atoms with Gasteiger partial charge in [-0.25, -0.2) is 0 Å². The number of hydrogen-bond acceptors (Lipinski definition) is 4. The molecule has 0 aromatic heterocycles. The second-order valence-corrected chi connectivity index (χ2v) is 8.42. The minimum atomic E-state index is -0.181. The smallest absolute Gasteiger partial charge is 0.243 e. The maximum absolute atomic E-state index is 12.6. The first-order chi connectivity index (χ1) is 17.1. The summed E-state index contributed by atoms with van der Waals surface area (Å²) in [5.41, 5.74) is 3.40. The van der Waals surface area contributed by atoms with Crippen molar-refractivity contribution in [3.63, 3.8) is 0 Å². The summed E-state index contributed by atoms with van der Waals surface area (Å²) in [5.74, 6) is 0.481. The van der Waals surface area contributed by atoms with Gasteiger partial charge in [-0.15, -0.1) is 0 Å². The average molecular weight is 474 g/mol. The maximum Gasteiger partial charge on any atom is 0.243 e. The number of carbonyl (C=O) groups is 2. The van der Waals surface area contributed by atoms with Crippen LogP contribution in [0.2, 0.25) is 0 Å². The predicted octanol–water partition coefficient (Wildman–Crippen LogP) is 6.27. The topological polar surface area (TPSA) is 79.5 Å². The van der Waals surface area contributed by atoms with E-state index in [1.54, 1.807) is 0 Å². The lowest BCUT2D eigenvalue weighted by atomic mass is 10.1. The van der Waals surface area contributed by atoms with E-state index in [0.29, 0.717) is 30.2 Å². The molecule has 2 amide bonds. The van der Waals surface area contributed by atoms with Crippen LogP contribution in [-0.4, -0.2) is 25.0 Å². The zero-order valence-corrected chi connectivity index (χ0v) is 20.4. The van der Waals surface area contributed by atoms with Crippen molar-refractivity contribution in [2.24, 2.45) is 0 Å². The first kappa shape index (κ1) is 25.8. The summed E-state index contributed by atoms with van der Waals surface area (Å²) in [6.07, 6.45) is 5.36. The Hall–Kier alpha value is -3.80. The number of ether oxygens (including phenoxy) is 1. The molecule has 0 fully saturated rings. The lowest BCUT2D eigenvalue weighted by molar-refractivity contribution is -0.116. The molecule has 3 rings (SSSR count). The Morgan fingerprint density at radius 1 is 0.771 bits per heavy atom. The van der Waals surface area contributed by atoms with Gasteiger partial charge in [0.2, 0.25) is 11.8 Å². The molecule has 6 heteroatoms. The van der Waals surface area contributed by atoms with Crippen LogP contribution in [0.15, 0.2) is 78.9 Å². The van der Waals surface area contributed by atoms with Crippen LogP contribution >= 0.6 is 0 Å². The molecule has 0 radical (unpaired) electrons. The van der Waals surface area contributed by atoms with Gasteiger partial charge < -0.3 is 20.7 Å². The quantitative estimate of drug-likeness (QED) is 0.241. The molecule has 184 valence electrons. The van der Waals surface area contributed by atoms with E-state index in [1.807, 2.05) is 66.7 Å². The van der Waals surface area contributed by atoms with Crippen molar-refractivity contribution in [1.29, 1.82) is 0 Å². The highest BCUT2D eigenvalue weighted by atomic mass is 16.5. The third-order valence-electron chi connectivity index (χ3n) is 5.48. The van der Waals surface area contributed by atoms with E-state index in [0.717, 1.165) is 37.8 Å². The lowest BCUT2D eigenvalue weighted by Crippen LogP contribution is -2.22. The molecule has 0 aliphatic rings. The van der Waals surface area contributed by atoms with E-state index in [2.05, 4.69) is 35.0 Å². The number of para-hydroxylation sites is 2. The van der Waals surface area contributed by atoms with Gasteiger partial charge in [-0.3, -0.25) is 9.59 Å². The van der Waals surface area contributed by atoms with Crippen LogP contribution in [0.3, 0.4) is 0 Å². The highest BCUT2D eigenvalue weighted by molar-refractivity contribution is 5.95. The number of nitrogens with one attached hydrogen (secondary N) is 3. The molecule has 0 bridgehead atoms. The molecule has 0 spiro atoms. The standard InChI is InChI=1S/C29H35N3O3/c1-2-3-5-19-28(33)31-25-16-10-15-24(21-25)30-22-29(34)32-26-17-8-9-18-27(26)35-20-11-14-23-12-6-4-7-13-23/h4,6-10,12-13,15-18,21,30H,2-3,5,11,14,19-20,22H2,1H3,(H,31,33)(H,32,34). The molecule has 0 saturated carbocycles. The summed E-state index contributed by atoms with van der Waals surface area (Å²) in [6.45, 7) is 2.77. The van der Waals surface area contributed by atoms with Gasteiger partial charge in [-0.05, 0) is 55.2 Å². The third kappa shape index (κ3) is 9.53. The van der Waals surface area contributed by atoms with Crippen molar-refractivity contribution in [2.45, 2.75) is 45.4 Å². The fraction of sp³-hybridized carbons (Fsp3) is 0.310. The Balaban J connectivity index is 1.44. The number of rotatable bonds is 14. The second-order valence-electron chi connectivity index (χ2n) is 8.42. The monoisotopic (exact) mass is 473 g/mol. The molecule has 3 aromatic rings. The van der Waals surface area contributed by atoms with E-state index >= 15 is 0 Å². The lowest BCUT2D eigenvalue weighted by Gasteiger charge is -2.13. The van der Waals surface area contributed by atoms with Crippen LogP contribution < -0.4 is 20.7 Å². The van der Waals surface area contributed by atoms with Crippen molar-refractivity contribution >= 4 is 28.9 Å². The van der Waals surface area contributed by atoms with Gasteiger partial charge >= 0.3 is 0 Å². The molecule has 0 aliphatic carbocycles.